The Bertz CT molecular complexity index is 1180. The lowest BCUT2D eigenvalue weighted by Crippen LogP contribution is -2.46. The predicted octanol–water partition coefficient (Wildman–Crippen LogP) is 4.57. The molecular formula is C27H35F3N4O3. The van der Waals surface area contributed by atoms with Crippen LogP contribution in [0.3, 0.4) is 0 Å². The van der Waals surface area contributed by atoms with Gasteiger partial charge in [-0.3, -0.25) is 9.59 Å². The third kappa shape index (κ3) is 6.18. The normalized spacial score (nSPS) is 19.3. The topological polar surface area (TPSA) is 84.4 Å². The number of anilines is 1. The average molecular weight is 521 g/mol. The van der Waals surface area contributed by atoms with Crippen molar-refractivity contribution in [2.75, 3.05) is 31.6 Å². The van der Waals surface area contributed by atoms with E-state index in [-0.39, 0.29) is 22.7 Å². The van der Waals surface area contributed by atoms with E-state index in [0.717, 1.165) is 32.0 Å². The second kappa shape index (κ2) is 10.9. The Morgan fingerprint density at radius 1 is 1.22 bits per heavy atom. The molecule has 0 spiro atoms. The zero-order valence-electron chi connectivity index (χ0n) is 21.5. The van der Waals surface area contributed by atoms with E-state index in [9.17, 15) is 22.8 Å². The third-order valence-corrected chi connectivity index (χ3v) is 7.55. The molecule has 0 saturated carbocycles. The van der Waals surface area contributed by atoms with Crippen molar-refractivity contribution in [1.82, 2.24) is 15.2 Å². The van der Waals surface area contributed by atoms with Crippen LogP contribution in [-0.2, 0) is 10.9 Å². The van der Waals surface area contributed by atoms with E-state index in [1.54, 1.807) is 23.8 Å². The fraction of sp³-hybridized carbons (Fsp3) is 0.556. The van der Waals surface area contributed by atoms with E-state index < -0.39 is 23.7 Å². The lowest BCUT2D eigenvalue weighted by molar-refractivity contribution is -0.138. The maximum atomic E-state index is 13.6. The van der Waals surface area contributed by atoms with Crippen LogP contribution >= 0.6 is 0 Å². The molecule has 1 aromatic heterocycles. The van der Waals surface area contributed by atoms with Gasteiger partial charge in [-0.2, -0.15) is 13.2 Å². The van der Waals surface area contributed by atoms with Gasteiger partial charge < -0.3 is 25.3 Å². The minimum absolute atomic E-state index is 0.0792. The summed E-state index contributed by atoms with van der Waals surface area (Å²) in [6.45, 7) is 7.85. The lowest BCUT2D eigenvalue weighted by atomic mass is 9.90. The van der Waals surface area contributed by atoms with Crippen LogP contribution in [0.4, 0.5) is 18.9 Å². The van der Waals surface area contributed by atoms with Gasteiger partial charge in [0, 0.05) is 37.1 Å². The lowest BCUT2D eigenvalue weighted by Gasteiger charge is -2.36. The van der Waals surface area contributed by atoms with Crippen LogP contribution in [0.25, 0.3) is 0 Å². The molecule has 1 unspecified atom stereocenters. The Kier molecular flexibility index (Phi) is 7.99. The highest BCUT2D eigenvalue weighted by atomic mass is 19.4. The SMILES string of the molecule is Cc1c(C(C)NC(=O)c2cn(C3CCOCC3)c(=O)cc2NC2(C)CCNCC2)cccc1C(F)(F)F. The zero-order chi connectivity index (χ0) is 26.8. The molecule has 10 heteroatoms. The van der Waals surface area contributed by atoms with E-state index in [4.69, 9.17) is 4.74 Å². The molecule has 3 heterocycles. The van der Waals surface area contributed by atoms with E-state index in [0.29, 0.717) is 42.9 Å². The first-order chi connectivity index (χ1) is 17.5. The van der Waals surface area contributed by atoms with Crippen molar-refractivity contribution < 1.29 is 22.7 Å². The number of hydrogen-bond donors (Lipinski definition) is 3. The average Bonchev–Trinajstić information content (AvgIpc) is 2.84. The second-order valence-corrected chi connectivity index (χ2v) is 10.3. The fourth-order valence-electron chi connectivity index (χ4n) is 5.29. The number of hydrogen-bond acceptors (Lipinski definition) is 5. The van der Waals surface area contributed by atoms with Crippen LogP contribution in [0.1, 0.15) is 78.7 Å². The molecule has 202 valence electrons. The third-order valence-electron chi connectivity index (χ3n) is 7.55. The summed E-state index contributed by atoms with van der Waals surface area (Å²) in [6.07, 6.45) is 0.0678. The van der Waals surface area contributed by atoms with Gasteiger partial charge in [0.05, 0.1) is 22.9 Å². The van der Waals surface area contributed by atoms with Crippen LogP contribution in [0.5, 0.6) is 0 Å². The largest absolute Gasteiger partial charge is 0.416 e. The van der Waals surface area contributed by atoms with E-state index in [2.05, 4.69) is 22.9 Å². The second-order valence-electron chi connectivity index (χ2n) is 10.3. The van der Waals surface area contributed by atoms with Crippen LogP contribution < -0.4 is 21.5 Å². The van der Waals surface area contributed by atoms with Crippen molar-refractivity contribution in [3.63, 3.8) is 0 Å². The van der Waals surface area contributed by atoms with Gasteiger partial charge in [-0.05, 0) is 76.7 Å². The molecule has 2 aliphatic rings. The number of alkyl halides is 3. The molecule has 1 atom stereocenters. The number of nitrogens with zero attached hydrogens (tertiary/aromatic N) is 1. The summed E-state index contributed by atoms with van der Waals surface area (Å²) in [5, 5.41) is 9.63. The van der Waals surface area contributed by atoms with Gasteiger partial charge in [0.25, 0.3) is 11.5 Å². The summed E-state index contributed by atoms with van der Waals surface area (Å²) >= 11 is 0. The number of ether oxygens (including phenoxy) is 1. The highest BCUT2D eigenvalue weighted by molar-refractivity contribution is 5.99. The summed E-state index contributed by atoms with van der Waals surface area (Å²) in [6, 6.07) is 4.69. The van der Waals surface area contributed by atoms with Gasteiger partial charge in [0.1, 0.15) is 0 Å². The molecule has 2 fully saturated rings. The molecule has 2 aliphatic heterocycles. The number of nitrogens with one attached hydrogen (secondary N) is 3. The number of carbonyl (C=O) groups is 1. The summed E-state index contributed by atoms with van der Waals surface area (Å²) in [5.41, 5.74) is -0.0340. The Hall–Kier alpha value is -2.85. The Labute approximate surface area is 214 Å². The molecule has 2 saturated heterocycles. The Morgan fingerprint density at radius 3 is 2.54 bits per heavy atom. The van der Waals surface area contributed by atoms with Gasteiger partial charge >= 0.3 is 6.18 Å². The smallest absolute Gasteiger partial charge is 0.381 e. The van der Waals surface area contributed by atoms with Gasteiger partial charge in [0.2, 0.25) is 0 Å². The van der Waals surface area contributed by atoms with Crippen LogP contribution in [0.2, 0.25) is 0 Å². The zero-order valence-corrected chi connectivity index (χ0v) is 21.5. The maximum Gasteiger partial charge on any atom is 0.416 e. The van der Waals surface area contributed by atoms with Crippen molar-refractivity contribution >= 4 is 11.6 Å². The van der Waals surface area contributed by atoms with Gasteiger partial charge in [0.15, 0.2) is 0 Å². The predicted molar refractivity (Wildman–Crippen MR) is 136 cm³/mol. The molecule has 2 aromatic rings. The van der Waals surface area contributed by atoms with E-state index in [1.807, 2.05) is 0 Å². The molecular weight excluding hydrogens is 485 g/mol. The van der Waals surface area contributed by atoms with Crippen LogP contribution in [0.15, 0.2) is 35.3 Å². The minimum Gasteiger partial charge on any atom is -0.381 e. The quantitative estimate of drug-likeness (QED) is 0.520. The number of rotatable bonds is 6. The summed E-state index contributed by atoms with van der Waals surface area (Å²) in [4.78, 5) is 26.7. The molecule has 0 radical (unpaired) electrons. The number of amides is 1. The van der Waals surface area contributed by atoms with E-state index in [1.165, 1.54) is 19.1 Å². The molecule has 1 aromatic carbocycles. The summed E-state index contributed by atoms with van der Waals surface area (Å²) < 4.78 is 47.4. The standard InChI is InChI=1S/C27H35F3N4O3/c1-17-20(5-4-6-22(17)27(28,29)30)18(2)32-25(36)21-16-34(19-7-13-37-14-8-19)24(35)15-23(21)33-26(3)9-11-31-12-10-26/h4-6,15-16,18-19,31,33H,7-14H2,1-3H3,(H,32,36). The van der Waals surface area contributed by atoms with Crippen LogP contribution in [-0.4, -0.2) is 42.3 Å². The Morgan fingerprint density at radius 2 is 1.89 bits per heavy atom. The number of halogens is 3. The first-order valence-corrected chi connectivity index (χ1v) is 12.8. The van der Waals surface area contributed by atoms with Gasteiger partial charge in [-0.1, -0.05) is 12.1 Å². The molecule has 37 heavy (non-hydrogen) atoms. The van der Waals surface area contributed by atoms with Crippen molar-refractivity contribution in [3.05, 3.63) is 63.1 Å². The van der Waals surface area contributed by atoms with Crippen molar-refractivity contribution in [1.29, 1.82) is 0 Å². The van der Waals surface area contributed by atoms with Crippen molar-refractivity contribution in [2.45, 2.75) is 70.3 Å². The number of pyridine rings is 1. The molecule has 7 nitrogen and oxygen atoms in total. The van der Waals surface area contributed by atoms with E-state index >= 15 is 0 Å². The molecule has 1 amide bonds. The van der Waals surface area contributed by atoms with Gasteiger partial charge in [-0.15, -0.1) is 0 Å². The maximum absolute atomic E-state index is 13.6. The first kappa shape index (κ1) is 27.2. The fourth-order valence-corrected chi connectivity index (χ4v) is 5.29. The Balaban J connectivity index is 1.67. The monoisotopic (exact) mass is 520 g/mol. The van der Waals surface area contributed by atoms with Gasteiger partial charge in [-0.25, -0.2) is 0 Å². The molecule has 0 aliphatic carbocycles. The highest BCUT2D eigenvalue weighted by Crippen LogP contribution is 2.35. The number of aromatic nitrogens is 1. The molecule has 0 bridgehead atoms. The number of benzene rings is 1. The number of carbonyl (C=O) groups excluding carboxylic acids is 1. The highest BCUT2D eigenvalue weighted by Gasteiger charge is 2.34. The molecule has 3 N–H and O–H groups in total. The molecule has 4 rings (SSSR count). The van der Waals surface area contributed by atoms with Crippen molar-refractivity contribution in [2.24, 2.45) is 0 Å². The van der Waals surface area contributed by atoms with Crippen LogP contribution in [0, 0.1) is 6.92 Å². The van der Waals surface area contributed by atoms with Crippen molar-refractivity contribution in [3.8, 4) is 0 Å². The minimum atomic E-state index is -4.48. The first-order valence-electron chi connectivity index (χ1n) is 12.8. The summed E-state index contributed by atoms with van der Waals surface area (Å²) in [7, 11) is 0. The number of piperidine rings is 1. The summed E-state index contributed by atoms with van der Waals surface area (Å²) in [5.74, 6) is -0.454.